The van der Waals surface area contributed by atoms with Crippen molar-refractivity contribution >= 4 is 0 Å². The maximum atomic E-state index is 11.3. The molecule has 1 N–H and O–H groups in total. The minimum Gasteiger partial charge on any atom is -0.504 e. The number of hydrogen-bond acceptors (Lipinski definition) is 3. The molecule has 3 nitrogen and oxygen atoms in total. The Morgan fingerprint density at radius 2 is 2.29 bits per heavy atom. The quantitative estimate of drug-likeness (QED) is 0.735. The Kier molecular flexibility index (Phi) is 2.50. The van der Waals surface area contributed by atoms with E-state index in [-0.39, 0.29) is 17.3 Å². The van der Waals surface area contributed by atoms with Crippen LogP contribution in [0.4, 0.5) is 0 Å². The molecule has 1 saturated heterocycles. The van der Waals surface area contributed by atoms with Crippen molar-refractivity contribution in [2.45, 2.75) is 18.9 Å². The van der Waals surface area contributed by atoms with Gasteiger partial charge in [-0.15, -0.1) is 0 Å². The fourth-order valence-electron chi connectivity index (χ4n) is 1.65. The highest BCUT2D eigenvalue weighted by molar-refractivity contribution is 5.25. The third-order valence-electron chi connectivity index (χ3n) is 2.39. The second kappa shape index (κ2) is 3.80. The van der Waals surface area contributed by atoms with Crippen molar-refractivity contribution in [3.8, 4) is 5.75 Å². The smallest absolute Gasteiger partial charge is 0.220 e. The summed E-state index contributed by atoms with van der Waals surface area (Å²) < 4.78 is 5.45. The zero-order chi connectivity index (χ0) is 9.97. The molecule has 1 unspecified atom stereocenters. The summed E-state index contributed by atoms with van der Waals surface area (Å²) in [7, 11) is 0. The first kappa shape index (κ1) is 9.21. The lowest BCUT2D eigenvalue weighted by Crippen LogP contribution is -2.00. The Hall–Kier alpha value is -1.35. The van der Waals surface area contributed by atoms with Crippen molar-refractivity contribution in [3.63, 3.8) is 0 Å². The summed E-state index contributed by atoms with van der Waals surface area (Å²) in [6.45, 7) is 0.753. The van der Waals surface area contributed by atoms with E-state index >= 15 is 0 Å². The van der Waals surface area contributed by atoms with Gasteiger partial charge in [-0.3, -0.25) is 4.79 Å². The third kappa shape index (κ3) is 1.77. The minimum atomic E-state index is -0.347. The molecule has 74 valence electrons. The highest BCUT2D eigenvalue weighted by Gasteiger charge is 2.17. The van der Waals surface area contributed by atoms with Gasteiger partial charge in [-0.25, -0.2) is 0 Å². The monoisotopic (exact) mass is 192 g/mol. The molecule has 1 heterocycles. The van der Waals surface area contributed by atoms with E-state index in [1.54, 1.807) is 6.07 Å². The van der Waals surface area contributed by atoms with E-state index in [4.69, 9.17) is 4.74 Å². The van der Waals surface area contributed by atoms with E-state index < -0.39 is 0 Å². The first-order chi connectivity index (χ1) is 6.77. The maximum Gasteiger partial charge on any atom is 0.220 e. The summed E-state index contributed by atoms with van der Waals surface area (Å²) in [6, 6.07) is 6.34. The van der Waals surface area contributed by atoms with E-state index in [0.717, 1.165) is 25.0 Å². The highest BCUT2D eigenvalue weighted by atomic mass is 16.5. The Morgan fingerprint density at radius 1 is 1.43 bits per heavy atom. The molecule has 0 saturated carbocycles. The molecule has 3 heteroatoms. The first-order valence-electron chi connectivity index (χ1n) is 4.72. The summed E-state index contributed by atoms with van der Waals surface area (Å²) in [5.41, 5.74) is 0.508. The molecule has 1 aliphatic rings. The van der Waals surface area contributed by atoms with Crippen molar-refractivity contribution in [3.05, 3.63) is 40.1 Å². The first-order valence-corrected chi connectivity index (χ1v) is 4.72. The van der Waals surface area contributed by atoms with Crippen molar-refractivity contribution < 1.29 is 9.84 Å². The van der Waals surface area contributed by atoms with Crippen LogP contribution >= 0.6 is 0 Å². The Morgan fingerprint density at radius 3 is 3.00 bits per heavy atom. The predicted molar refractivity (Wildman–Crippen MR) is 52.3 cm³/mol. The van der Waals surface area contributed by atoms with Gasteiger partial charge in [-0.1, -0.05) is 12.1 Å². The van der Waals surface area contributed by atoms with E-state index in [9.17, 15) is 9.90 Å². The molecule has 1 aromatic rings. The molecule has 1 fully saturated rings. The molecule has 1 atom stereocenters. The summed E-state index contributed by atoms with van der Waals surface area (Å²) in [4.78, 5) is 11.3. The van der Waals surface area contributed by atoms with Gasteiger partial charge in [-0.05, 0) is 30.5 Å². The second-order valence-corrected chi connectivity index (χ2v) is 3.42. The highest BCUT2D eigenvalue weighted by Crippen LogP contribution is 2.27. The van der Waals surface area contributed by atoms with E-state index in [2.05, 4.69) is 0 Å². The molecule has 0 bridgehead atoms. The molecular formula is C11H12O3. The molecule has 0 amide bonds. The molecular weight excluding hydrogens is 180 g/mol. The summed E-state index contributed by atoms with van der Waals surface area (Å²) in [5.74, 6) is -0.214. The largest absolute Gasteiger partial charge is 0.504 e. The van der Waals surface area contributed by atoms with Gasteiger partial charge in [-0.2, -0.15) is 0 Å². The van der Waals surface area contributed by atoms with E-state index in [1.807, 2.05) is 6.07 Å². The Labute approximate surface area is 82.0 Å². The summed E-state index contributed by atoms with van der Waals surface area (Å²) in [6.07, 6.45) is 2.00. The molecule has 0 radical (unpaired) electrons. The lowest BCUT2D eigenvalue weighted by molar-refractivity contribution is 0.112. The van der Waals surface area contributed by atoms with E-state index in [1.165, 1.54) is 12.1 Å². The van der Waals surface area contributed by atoms with Gasteiger partial charge in [0, 0.05) is 6.61 Å². The molecule has 14 heavy (non-hydrogen) atoms. The average molecular weight is 192 g/mol. The molecule has 1 aromatic carbocycles. The van der Waals surface area contributed by atoms with Crippen LogP contribution in [0, 0.1) is 0 Å². The zero-order valence-corrected chi connectivity index (χ0v) is 7.77. The lowest BCUT2D eigenvalue weighted by Gasteiger charge is -2.06. The van der Waals surface area contributed by atoms with Crippen LogP contribution in [-0.4, -0.2) is 11.7 Å². The number of rotatable bonds is 1. The van der Waals surface area contributed by atoms with Gasteiger partial charge in [0.25, 0.3) is 0 Å². The predicted octanol–water partition coefficient (Wildman–Crippen LogP) is 1.60. The van der Waals surface area contributed by atoms with Crippen LogP contribution in [0.25, 0.3) is 0 Å². The SMILES string of the molecule is O=c1cc(C2CCCO2)cccc1O. The van der Waals surface area contributed by atoms with Crippen molar-refractivity contribution in [1.82, 2.24) is 0 Å². The van der Waals surface area contributed by atoms with Crippen LogP contribution in [0.1, 0.15) is 24.5 Å². The molecule has 0 aliphatic carbocycles. The molecule has 0 spiro atoms. The van der Waals surface area contributed by atoms with Gasteiger partial charge in [0.1, 0.15) is 0 Å². The summed E-state index contributed by atoms with van der Waals surface area (Å²) in [5, 5.41) is 9.19. The topological polar surface area (TPSA) is 46.5 Å². The Bertz CT molecular complexity index is 381. The average Bonchev–Trinajstić information content (AvgIpc) is 2.63. The third-order valence-corrected chi connectivity index (χ3v) is 2.39. The van der Waals surface area contributed by atoms with Gasteiger partial charge in [0.2, 0.25) is 5.43 Å². The molecule has 2 rings (SSSR count). The van der Waals surface area contributed by atoms with Gasteiger partial charge < -0.3 is 9.84 Å². The number of hydrogen-bond donors (Lipinski definition) is 1. The van der Waals surface area contributed by atoms with E-state index in [0.29, 0.717) is 0 Å². The minimum absolute atomic E-state index is 0.0227. The van der Waals surface area contributed by atoms with Crippen LogP contribution in [0.15, 0.2) is 29.1 Å². The van der Waals surface area contributed by atoms with Crippen molar-refractivity contribution in [1.29, 1.82) is 0 Å². The van der Waals surface area contributed by atoms with Crippen LogP contribution in [0.3, 0.4) is 0 Å². The number of ether oxygens (including phenoxy) is 1. The maximum absolute atomic E-state index is 11.3. The fourth-order valence-corrected chi connectivity index (χ4v) is 1.65. The van der Waals surface area contributed by atoms with Crippen molar-refractivity contribution in [2.24, 2.45) is 0 Å². The standard InChI is InChI=1S/C11H12O3/c12-9-4-1-3-8(7-10(9)13)11-5-2-6-14-11/h1,3-4,7,11H,2,5-6H2,(H,12,13). The van der Waals surface area contributed by atoms with Gasteiger partial charge in [0.15, 0.2) is 5.75 Å². The molecule has 1 aliphatic heterocycles. The van der Waals surface area contributed by atoms with Crippen LogP contribution < -0.4 is 5.43 Å². The van der Waals surface area contributed by atoms with Crippen LogP contribution in [-0.2, 0) is 4.74 Å². The number of aromatic hydroxyl groups is 1. The fraction of sp³-hybridized carbons (Fsp3) is 0.364. The lowest BCUT2D eigenvalue weighted by atomic mass is 10.1. The normalized spacial score (nSPS) is 21.0. The molecule has 0 aromatic heterocycles. The van der Waals surface area contributed by atoms with Gasteiger partial charge in [0.05, 0.1) is 6.10 Å². The zero-order valence-electron chi connectivity index (χ0n) is 7.77. The van der Waals surface area contributed by atoms with Crippen LogP contribution in [0.5, 0.6) is 5.75 Å². The Balaban J connectivity index is 2.40. The summed E-state index contributed by atoms with van der Waals surface area (Å²) >= 11 is 0. The second-order valence-electron chi connectivity index (χ2n) is 3.42. The van der Waals surface area contributed by atoms with Crippen LogP contribution in [0.2, 0.25) is 0 Å². The van der Waals surface area contributed by atoms with Gasteiger partial charge >= 0.3 is 0 Å². The van der Waals surface area contributed by atoms with Crippen molar-refractivity contribution in [2.75, 3.05) is 6.61 Å².